The van der Waals surface area contributed by atoms with Gasteiger partial charge in [0, 0.05) is 56.0 Å². The van der Waals surface area contributed by atoms with Crippen LogP contribution in [0.1, 0.15) is 81.3 Å². The first-order valence-electron chi connectivity index (χ1n) is 25.9. The summed E-state index contributed by atoms with van der Waals surface area (Å²) in [5.74, 6) is 0.0838. The lowest BCUT2D eigenvalue weighted by Gasteiger charge is -2.37. The van der Waals surface area contributed by atoms with Gasteiger partial charge in [-0.2, -0.15) is 0 Å². The highest BCUT2D eigenvalue weighted by Crippen LogP contribution is 2.69. The van der Waals surface area contributed by atoms with Crippen LogP contribution in [-0.4, -0.2) is 0 Å². The van der Waals surface area contributed by atoms with E-state index in [4.69, 9.17) is 8.83 Å². The monoisotopic (exact) mass is 944 g/mol. The Morgan fingerprint density at radius 1 is 0.452 bits per heavy atom. The molecule has 0 aliphatic heterocycles. The molecule has 3 aliphatic rings. The molecule has 9 aromatic carbocycles. The van der Waals surface area contributed by atoms with Crippen molar-refractivity contribution in [1.82, 2.24) is 0 Å². The van der Waals surface area contributed by atoms with Gasteiger partial charge in [-0.3, -0.25) is 0 Å². The van der Waals surface area contributed by atoms with E-state index in [-0.39, 0.29) is 16.7 Å². The smallest absolute Gasteiger partial charge is 0.160 e. The van der Waals surface area contributed by atoms with Crippen LogP contribution in [0.25, 0.3) is 60.6 Å². The van der Waals surface area contributed by atoms with E-state index in [1.54, 1.807) is 0 Å². The fraction of sp³-hybridized carbons (Fsp3) is 0.159. The topological polar surface area (TPSA) is 32.8 Å². The molecule has 2 atom stereocenters. The second kappa shape index (κ2) is 15.8. The van der Waals surface area contributed by atoms with Gasteiger partial charge in [-0.1, -0.05) is 181 Å². The molecular weight excluding hydrogens is 889 g/mol. The first-order chi connectivity index (χ1) is 35.5. The standard InChI is InChI=1S/C69H56N2O2/c1-67(2,3)43-33-37-47(38-34-43)70(45-21-9-7-10-22-45)57-41-56-64(66-61(57)51-27-15-19-31-59(51)73-66)63-55(69(56)53-29-17-13-25-49(53)50-26-14-18-30-54(50)69)42-58(65-62(63)52-28-16-20-32-60(52)72-65)71(46-23-11-8-12-24-46)48-39-35-44(36-40-48)68(4,5)6/h7-29,31-42,54H,30H2,1-6H3. The van der Waals surface area contributed by atoms with Crippen molar-refractivity contribution in [2.45, 2.75) is 64.2 Å². The highest BCUT2D eigenvalue weighted by molar-refractivity contribution is 6.26. The minimum Gasteiger partial charge on any atom is -0.455 e. The Morgan fingerprint density at radius 2 is 0.932 bits per heavy atom. The Labute approximate surface area is 427 Å². The normalized spacial score (nSPS) is 16.8. The molecule has 0 amide bonds. The van der Waals surface area contributed by atoms with E-state index in [0.29, 0.717) is 0 Å². The van der Waals surface area contributed by atoms with Crippen molar-refractivity contribution in [3.63, 3.8) is 0 Å². The van der Waals surface area contributed by atoms with Crippen LogP contribution in [0.2, 0.25) is 0 Å². The Morgan fingerprint density at radius 3 is 1.53 bits per heavy atom. The van der Waals surface area contributed by atoms with E-state index < -0.39 is 5.41 Å². The molecule has 11 aromatic rings. The maximum Gasteiger partial charge on any atom is 0.160 e. The molecule has 1 spiro atoms. The van der Waals surface area contributed by atoms with Crippen LogP contribution in [0.4, 0.5) is 34.1 Å². The molecule has 0 fully saturated rings. The molecule has 0 saturated carbocycles. The maximum absolute atomic E-state index is 7.50. The van der Waals surface area contributed by atoms with Crippen molar-refractivity contribution in [2.24, 2.45) is 5.92 Å². The van der Waals surface area contributed by atoms with Gasteiger partial charge in [0.1, 0.15) is 16.7 Å². The van der Waals surface area contributed by atoms with E-state index >= 15 is 0 Å². The molecule has 2 unspecified atom stereocenters. The minimum atomic E-state index is -0.641. The molecule has 4 nitrogen and oxygen atoms in total. The van der Waals surface area contributed by atoms with Crippen LogP contribution >= 0.6 is 0 Å². The summed E-state index contributed by atoms with van der Waals surface area (Å²) >= 11 is 0. The van der Waals surface area contributed by atoms with E-state index in [0.717, 1.165) is 90.0 Å². The third-order valence-corrected chi connectivity index (χ3v) is 16.2. The number of para-hydroxylation sites is 4. The lowest BCUT2D eigenvalue weighted by atomic mass is 9.65. The summed E-state index contributed by atoms with van der Waals surface area (Å²) in [5.41, 5.74) is 20.6. The first-order valence-corrected chi connectivity index (χ1v) is 25.9. The highest BCUT2D eigenvalue weighted by atomic mass is 16.3. The Hall–Kier alpha value is -8.34. The van der Waals surface area contributed by atoms with Crippen LogP contribution in [0, 0.1) is 5.92 Å². The Kier molecular flexibility index (Phi) is 9.42. The van der Waals surface area contributed by atoms with Gasteiger partial charge in [0.05, 0.1) is 22.2 Å². The molecule has 0 saturated heterocycles. The first kappa shape index (κ1) is 43.4. The van der Waals surface area contributed by atoms with E-state index in [9.17, 15) is 0 Å². The van der Waals surface area contributed by atoms with Gasteiger partial charge in [0.25, 0.3) is 0 Å². The number of anilines is 6. The minimum absolute atomic E-state index is 0.00118. The van der Waals surface area contributed by atoms with E-state index in [2.05, 4.69) is 264 Å². The second-order valence-corrected chi connectivity index (χ2v) is 22.4. The Balaban J connectivity index is 1.17. The van der Waals surface area contributed by atoms with Crippen molar-refractivity contribution >= 4 is 83.6 Å². The van der Waals surface area contributed by atoms with Gasteiger partial charge in [-0.15, -0.1) is 0 Å². The number of allylic oxidation sites excluding steroid dienone is 4. The predicted octanol–water partition coefficient (Wildman–Crippen LogP) is 19.3. The second-order valence-electron chi connectivity index (χ2n) is 22.4. The number of furan rings is 2. The molecule has 0 radical (unpaired) electrons. The van der Waals surface area contributed by atoms with Gasteiger partial charge < -0.3 is 18.6 Å². The largest absolute Gasteiger partial charge is 0.455 e. The molecule has 2 heterocycles. The highest BCUT2D eigenvalue weighted by Gasteiger charge is 2.58. The van der Waals surface area contributed by atoms with Crippen molar-refractivity contribution in [3.8, 4) is 11.1 Å². The molecule has 4 heteroatoms. The van der Waals surface area contributed by atoms with Crippen molar-refractivity contribution in [2.75, 3.05) is 9.80 Å². The average Bonchev–Trinajstić information content (AvgIpc) is 4.15. The zero-order valence-corrected chi connectivity index (χ0v) is 42.2. The summed E-state index contributed by atoms with van der Waals surface area (Å²) in [6.45, 7) is 13.7. The predicted molar refractivity (Wildman–Crippen MR) is 305 cm³/mol. The molecule has 354 valence electrons. The SMILES string of the molecule is CC(C)(C)c1ccc(N(c2ccccc2)c2cc3c(c4c2oc2ccccc24)-c2c(cc(N(c4ccccc4)c4ccc(C(C)(C)C)cc4)c4c2oc2ccccc24)C32c3ccccc3C3=CC=CCC32)cc1. The summed E-state index contributed by atoms with van der Waals surface area (Å²) in [6.07, 6.45) is 7.90. The number of hydrogen-bond donors (Lipinski definition) is 0. The number of nitrogens with zero attached hydrogens (tertiary/aromatic N) is 2. The van der Waals surface area contributed by atoms with Crippen LogP contribution in [0.15, 0.2) is 221 Å². The molecule has 0 N–H and O–H groups in total. The average molecular weight is 945 g/mol. The van der Waals surface area contributed by atoms with Gasteiger partial charge in [0.2, 0.25) is 0 Å². The Bertz CT molecular complexity index is 4070. The fourth-order valence-electron chi connectivity index (χ4n) is 12.9. The molecule has 14 rings (SSSR count). The van der Waals surface area contributed by atoms with Gasteiger partial charge >= 0.3 is 0 Å². The molecule has 73 heavy (non-hydrogen) atoms. The van der Waals surface area contributed by atoms with Crippen LogP contribution < -0.4 is 9.80 Å². The summed E-state index contributed by atoms with van der Waals surface area (Å²) < 4.78 is 14.8. The number of rotatable bonds is 6. The third-order valence-electron chi connectivity index (χ3n) is 16.2. The van der Waals surface area contributed by atoms with Crippen LogP contribution in [0.3, 0.4) is 0 Å². The quantitative estimate of drug-likeness (QED) is 0.166. The zero-order chi connectivity index (χ0) is 49.4. The summed E-state index contributed by atoms with van der Waals surface area (Å²) in [7, 11) is 0. The van der Waals surface area contributed by atoms with Crippen molar-refractivity contribution < 1.29 is 8.83 Å². The number of hydrogen-bond acceptors (Lipinski definition) is 4. The molecule has 3 aliphatic carbocycles. The van der Waals surface area contributed by atoms with Crippen LogP contribution in [0.5, 0.6) is 0 Å². The van der Waals surface area contributed by atoms with Gasteiger partial charge in [0.15, 0.2) is 5.58 Å². The molecule has 0 bridgehead atoms. The lowest BCUT2D eigenvalue weighted by molar-refractivity contribution is 0.495. The third kappa shape index (κ3) is 6.32. The fourth-order valence-corrected chi connectivity index (χ4v) is 12.9. The van der Waals surface area contributed by atoms with Crippen molar-refractivity contribution in [3.05, 3.63) is 246 Å². The van der Waals surface area contributed by atoms with E-state index in [1.165, 1.54) is 44.5 Å². The summed E-state index contributed by atoms with van der Waals surface area (Å²) in [4.78, 5) is 4.89. The summed E-state index contributed by atoms with van der Waals surface area (Å²) in [6, 6.07) is 71.6. The number of fused-ring (bicyclic) bond motifs is 18. The molecule has 2 aromatic heterocycles. The van der Waals surface area contributed by atoms with Gasteiger partial charge in [-0.05, 0) is 129 Å². The van der Waals surface area contributed by atoms with Gasteiger partial charge in [-0.25, -0.2) is 0 Å². The van der Waals surface area contributed by atoms with Crippen molar-refractivity contribution in [1.29, 1.82) is 0 Å². The van der Waals surface area contributed by atoms with E-state index in [1.807, 2.05) is 0 Å². The molecular formula is C69H56N2O2. The number of benzene rings is 9. The van der Waals surface area contributed by atoms with Crippen LogP contribution in [-0.2, 0) is 16.2 Å². The summed E-state index contributed by atoms with van der Waals surface area (Å²) in [5, 5.41) is 4.35. The lowest BCUT2D eigenvalue weighted by Crippen LogP contribution is -2.33. The zero-order valence-electron chi connectivity index (χ0n) is 42.2. The maximum atomic E-state index is 7.50.